The van der Waals surface area contributed by atoms with Crippen LogP contribution in [0.25, 0.3) is 0 Å². The van der Waals surface area contributed by atoms with E-state index in [2.05, 4.69) is 6.07 Å². The van der Waals surface area contributed by atoms with Gasteiger partial charge in [0.2, 0.25) is 0 Å². The monoisotopic (exact) mass is 249 g/mol. The molecule has 0 unspecified atom stereocenters. The molecule has 1 aliphatic heterocycles. The zero-order valence-electron chi connectivity index (χ0n) is 10.0. The summed E-state index contributed by atoms with van der Waals surface area (Å²) in [6.07, 6.45) is 2.33. The molecule has 3 heteroatoms. The molecule has 1 saturated heterocycles. The molecule has 90 valence electrons. The van der Waals surface area contributed by atoms with E-state index in [1.807, 2.05) is 25.1 Å². The smallest absolute Gasteiger partial charge is 0.0695 e. The van der Waals surface area contributed by atoms with E-state index < -0.39 is 0 Å². The lowest BCUT2D eigenvalue weighted by molar-refractivity contribution is 0.0406. The van der Waals surface area contributed by atoms with Gasteiger partial charge in [0.15, 0.2) is 0 Å². The van der Waals surface area contributed by atoms with Crippen LogP contribution < -0.4 is 0 Å². The third-order valence-corrected chi connectivity index (χ3v) is 3.78. The predicted octanol–water partition coefficient (Wildman–Crippen LogP) is 3.51. The lowest BCUT2D eigenvalue weighted by Gasteiger charge is -2.31. The minimum atomic E-state index is -0.294. The molecule has 1 aliphatic rings. The van der Waals surface area contributed by atoms with E-state index in [1.54, 1.807) is 0 Å². The number of halogens is 1. The molecule has 1 aromatic carbocycles. The normalized spacial score (nSPS) is 18.6. The molecule has 1 fully saturated rings. The third-order valence-electron chi connectivity index (χ3n) is 3.42. The summed E-state index contributed by atoms with van der Waals surface area (Å²) in [7, 11) is 0. The second-order valence-electron chi connectivity index (χ2n) is 4.78. The Hall–Kier alpha value is -1.04. The average molecular weight is 250 g/mol. The zero-order chi connectivity index (χ0) is 12.3. The van der Waals surface area contributed by atoms with Crippen LogP contribution in [0.2, 0.25) is 5.02 Å². The highest BCUT2D eigenvalue weighted by Gasteiger charge is 2.33. The minimum Gasteiger partial charge on any atom is -0.381 e. The van der Waals surface area contributed by atoms with Crippen molar-refractivity contribution >= 4 is 11.6 Å². The molecule has 0 amide bonds. The van der Waals surface area contributed by atoms with E-state index in [0.29, 0.717) is 13.2 Å². The van der Waals surface area contributed by atoms with E-state index >= 15 is 0 Å². The van der Waals surface area contributed by atoms with Crippen LogP contribution in [0, 0.1) is 23.7 Å². The van der Waals surface area contributed by atoms with Gasteiger partial charge >= 0.3 is 0 Å². The fourth-order valence-electron chi connectivity index (χ4n) is 2.25. The highest BCUT2D eigenvalue weighted by Crippen LogP contribution is 2.35. The number of hydrogen-bond acceptors (Lipinski definition) is 2. The highest BCUT2D eigenvalue weighted by atomic mass is 35.5. The Balaban J connectivity index is 2.21. The standard InChI is InChI=1S/C14H16ClNO/c1-11-2-3-12(13(15)8-11)9-14(10-16)4-6-17-7-5-14/h2-3,8H,4-7,9H2,1H3. The van der Waals surface area contributed by atoms with Gasteiger partial charge in [-0.2, -0.15) is 5.26 Å². The molecule has 0 spiro atoms. The largest absolute Gasteiger partial charge is 0.381 e. The van der Waals surface area contributed by atoms with Crippen molar-refractivity contribution in [3.8, 4) is 6.07 Å². The summed E-state index contributed by atoms with van der Waals surface area (Å²) in [5.41, 5.74) is 1.93. The Bertz CT molecular complexity index is 444. The maximum Gasteiger partial charge on any atom is 0.0695 e. The van der Waals surface area contributed by atoms with Crippen LogP contribution in [0.3, 0.4) is 0 Å². The Kier molecular flexibility index (Phi) is 3.71. The van der Waals surface area contributed by atoms with Crippen molar-refractivity contribution in [1.82, 2.24) is 0 Å². The van der Waals surface area contributed by atoms with Crippen LogP contribution in [0.15, 0.2) is 18.2 Å². The summed E-state index contributed by atoms with van der Waals surface area (Å²) < 4.78 is 5.33. The van der Waals surface area contributed by atoms with Gasteiger partial charge in [-0.05, 0) is 43.4 Å². The van der Waals surface area contributed by atoms with Gasteiger partial charge in [0, 0.05) is 18.2 Å². The lowest BCUT2D eigenvalue weighted by atomic mass is 9.76. The number of benzene rings is 1. The Morgan fingerprint density at radius 3 is 2.71 bits per heavy atom. The predicted molar refractivity (Wildman–Crippen MR) is 68.0 cm³/mol. The van der Waals surface area contributed by atoms with E-state index in [4.69, 9.17) is 16.3 Å². The Labute approximate surface area is 107 Å². The van der Waals surface area contributed by atoms with Gasteiger partial charge in [-0.15, -0.1) is 0 Å². The third kappa shape index (κ3) is 2.80. The number of nitrogens with zero attached hydrogens (tertiary/aromatic N) is 1. The lowest BCUT2D eigenvalue weighted by Crippen LogP contribution is -2.30. The first kappa shape index (κ1) is 12.4. The van der Waals surface area contributed by atoms with Crippen LogP contribution in [0.4, 0.5) is 0 Å². The van der Waals surface area contributed by atoms with Crippen molar-refractivity contribution < 1.29 is 4.74 Å². The van der Waals surface area contributed by atoms with E-state index in [1.165, 1.54) is 0 Å². The summed E-state index contributed by atoms with van der Waals surface area (Å²) in [5.74, 6) is 0. The van der Waals surface area contributed by atoms with Crippen LogP contribution in [0.5, 0.6) is 0 Å². The molecule has 0 atom stereocenters. The molecule has 0 N–H and O–H groups in total. The van der Waals surface area contributed by atoms with E-state index in [9.17, 15) is 5.26 Å². The molecule has 0 saturated carbocycles. The van der Waals surface area contributed by atoms with Crippen LogP contribution in [0.1, 0.15) is 24.0 Å². The SMILES string of the molecule is Cc1ccc(CC2(C#N)CCOCC2)c(Cl)c1. The molecular weight excluding hydrogens is 234 g/mol. The number of nitriles is 1. The van der Waals surface area contributed by atoms with Crippen molar-refractivity contribution in [3.63, 3.8) is 0 Å². The van der Waals surface area contributed by atoms with Gasteiger partial charge < -0.3 is 4.74 Å². The van der Waals surface area contributed by atoms with Gasteiger partial charge in [-0.1, -0.05) is 23.7 Å². The van der Waals surface area contributed by atoms with E-state index in [0.717, 1.165) is 35.4 Å². The van der Waals surface area contributed by atoms with Crippen LogP contribution in [-0.2, 0) is 11.2 Å². The van der Waals surface area contributed by atoms with Crippen molar-refractivity contribution in [2.45, 2.75) is 26.2 Å². The quantitative estimate of drug-likeness (QED) is 0.804. The Morgan fingerprint density at radius 2 is 2.12 bits per heavy atom. The highest BCUT2D eigenvalue weighted by molar-refractivity contribution is 6.31. The maximum atomic E-state index is 9.40. The molecule has 1 aromatic rings. The first-order valence-corrected chi connectivity index (χ1v) is 6.27. The van der Waals surface area contributed by atoms with Gasteiger partial charge in [-0.3, -0.25) is 0 Å². The summed E-state index contributed by atoms with van der Waals surface area (Å²) in [4.78, 5) is 0. The fraction of sp³-hybridized carbons (Fsp3) is 0.500. The molecule has 0 bridgehead atoms. The first-order chi connectivity index (χ1) is 8.15. The molecular formula is C14H16ClNO. The molecule has 17 heavy (non-hydrogen) atoms. The molecule has 1 heterocycles. The minimum absolute atomic E-state index is 0.294. The second kappa shape index (κ2) is 5.08. The number of rotatable bonds is 2. The summed E-state index contributed by atoms with van der Waals surface area (Å²) >= 11 is 6.23. The average Bonchev–Trinajstić information content (AvgIpc) is 2.34. The fourth-order valence-corrected chi connectivity index (χ4v) is 2.55. The molecule has 2 nitrogen and oxygen atoms in total. The van der Waals surface area contributed by atoms with E-state index in [-0.39, 0.29) is 5.41 Å². The maximum absolute atomic E-state index is 9.40. The number of ether oxygens (including phenoxy) is 1. The van der Waals surface area contributed by atoms with Gasteiger partial charge in [0.1, 0.15) is 0 Å². The molecule has 2 rings (SSSR count). The van der Waals surface area contributed by atoms with Crippen molar-refractivity contribution in [1.29, 1.82) is 5.26 Å². The molecule has 0 aliphatic carbocycles. The molecule has 0 radical (unpaired) electrons. The van der Waals surface area contributed by atoms with Crippen LogP contribution >= 0.6 is 11.6 Å². The first-order valence-electron chi connectivity index (χ1n) is 5.89. The number of aryl methyl sites for hydroxylation is 1. The Morgan fingerprint density at radius 1 is 1.41 bits per heavy atom. The van der Waals surface area contributed by atoms with Gasteiger partial charge in [-0.25, -0.2) is 0 Å². The van der Waals surface area contributed by atoms with Crippen LogP contribution in [-0.4, -0.2) is 13.2 Å². The zero-order valence-corrected chi connectivity index (χ0v) is 10.8. The molecule has 0 aromatic heterocycles. The van der Waals surface area contributed by atoms with Crippen molar-refractivity contribution in [3.05, 3.63) is 34.3 Å². The second-order valence-corrected chi connectivity index (χ2v) is 5.18. The summed E-state index contributed by atoms with van der Waals surface area (Å²) in [6.45, 7) is 3.37. The van der Waals surface area contributed by atoms with Gasteiger partial charge in [0.25, 0.3) is 0 Å². The topological polar surface area (TPSA) is 33.0 Å². The van der Waals surface area contributed by atoms with Crippen molar-refractivity contribution in [2.24, 2.45) is 5.41 Å². The summed E-state index contributed by atoms with van der Waals surface area (Å²) in [6, 6.07) is 8.51. The summed E-state index contributed by atoms with van der Waals surface area (Å²) in [5, 5.41) is 10.2. The number of hydrogen-bond donors (Lipinski definition) is 0. The van der Waals surface area contributed by atoms with Gasteiger partial charge in [0.05, 0.1) is 11.5 Å². The van der Waals surface area contributed by atoms with Crippen molar-refractivity contribution in [2.75, 3.05) is 13.2 Å².